The third-order valence-corrected chi connectivity index (χ3v) is 4.24. The lowest BCUT2D eigenvalue weighted by molar-refractivity contribution is 0.199. The molecular formula is C14H13F2NO3S. The first-order valence-corrected chi connectivity index (χ1v) is 7.54. The molecule has 0 aromatic heterocycles. The summed E-state index contributed by atoms with van der Waals surface area (Å²) in [5, 5.41) is 9.45. The summed E-state index contributed by atoms with van der Waals surface area (Å²) in [5.74, 6) is -2.34. The Morgan fingerprint density at radius 1 is 1.10 bits per heavy atom. The molecule has 0 heterocycles. The molecule has 0 aliphatic rings. The average molecular weight is 313 g/mol. The molecular weight excluding hydrogens is 300 g/mol. The molecule has 0 saturated heterocycles. The van der Waals surface area contributed by atoms with Crippen LogP contribution in [0.15, 0.2) is 47.4 Å². The van der Waals surface area contributed by atoms with Crippen molar-refractivity contribution >= 4 is 15.7 Å². The van der Waals surface area contributed by atoms with Gasteiger partial charge in [0.25, 0.3) is 10.0 Å². The number of hydrogen-bond acceptors (Lipinski definition) is 3. The van der Waals surface area contributed by atoms with Gasteiger partial charge in [0.2, 0.25) is 0 Å². The lowest BCUT2D eigenvalue weighted by Crippen LogP contribution is -2.16. The summed E-state index contributed by atoms with van der Waals surface area (Å²) >= 11 is 0. The molecule has 1 unspecified atom stereocenters. The molecule has 2 aromatic rings. The predicted octanol–water partition coefficient (Wildman–Crippen LogP) is 2.82. The van der Waals surface area contributed by atoms with E-state index in [4.69, 9.17) is 0 Å². The van der Waals surface area contributed by atoms with Gasteiger partial charge in [-0.2, -0.15) is 0 Å². The Balaban J connectivity index is 2.40. The Labute approximate surface area is 121 Å². The van der Waals surface area contributed by atoms with E-state index in [0.717, 1.165) is 18.2 Å². The van der Waals surface area contributed by atoms with Crippen LogP contribution in [0.3, 0.4) is 0 Å². The predicted molar refractivity (Wildman–Crippen MR) is 74.2 cm³/mol. The maximum atomic E-state index is 13.6. The summed E-state index contributed by atoms with van der Waals surface area (Å²) in [6.07, 6.45) is -0.792. The number of halogens is 2. The number of aliphatic hydroxyl groups is 1. The summed E-state index contributed by atoms with van der Waals surface area (Å²) in [6, 6.07) is 8.75. The normalized spacial score (nSPS) is 13.0. The van der Waals surface area contributed by atoms with Gasteiger partial charge in [0, 0.05) is 5.69 Å². The van der Waals surface area contributed by atoms with Crippen molar-refractivity contribution in [1.82, 2.24) is 0 Å². The molecule has 7 heteroatoms. The van der Waals surface area contributed by atoms with Gasteiger partial charge >= 0.3 is 0 Å². The Morgan fingerprint density at radius 2 is 1.67 bits per heavy atom. The smallest absolute Gasteiger partial charge is 0.267 e. The first kappa shape index (κ1) is 15.4. The number of sulfonamides is 1. The lowest BCUT2D eigenvalue weighted by Gasteiger charge is -2.11. The highest BCUT2D eigenvalue weighted by Gasteiger charge is 2.23. The molecule has 0 bridgehead atoms. The van der Waals surface area contributed by atoms with E-state index in [1.165, 1.54) is 25.1 Å². The maximum absolute atomic E-state index is 13.6. The zero-order chi connectivity index (χ0) is 15.6. The Morgan fingerprint density at radius 3 is 2.24 bits per heavy atom. The Kier molecular flexibility index (Phi) is 4.24. The minimum Gasteiger partial charge on any atom is -0.389 e. The highest BCUT2D eigenvalue weighted by atomic mass is 32.2. The molecule has 0 aliphatic heterocycles. The van der Waals surface area contributed by atoms with E-state index in [1.54, 1.807) is 6.07 Å². The fourth-order valence-electron chi connectivity index (χ4n) is 1.81. The number of aliphatic hydroxyl groups excluding tert-OH is 1. The average Bonchev–Trinajstić information content (AvgIpc) is 2.37. The van der Waals surface area contributed by atoms with Gasteiger partial charge in [0.15, 0.2) is 4.90 Å². The summed E-state index contributed by atoms with van der Waals surface area (Å²) in [6.45, 7) is 1.52. The van der Waals surface area contributed by atoms with Gasteiger partial charge in [0.05, 0.1) is 6.10 Å². The largest absolute Gasteiger partial charge is 0.389 e. The van der Waals surface area contributed by atoms with E-state index in [0.29, 0.717) is 5.56 Å². The van der Waals surface area contributed by atoms with Crippen molar-refractivity contribution in [2.75, 3.05) is 4.72 Å². The van der Waals surface area contributed by atoms with Crippen molar-refractivity contribution in [3.8, 4) is 0 Å². The van der Waals surface area contributed by atoms with Gasteiger partial charge in [-0.3, -0.25) is 4.72 Å². The zero-order valence-corrected chi connectivity index (χ0v) is 11.9. The van der Waals surface area contributed by atoms with E-state index < -0.39 is 32.7 Å². The van der Waals surface area contributed by atoms with Gasteiger partial charge in [0.1, 0.15) is 11.6 Å². The maximum Gasteiger partial charge on any atom is 0.267 e. The number of anilines is 1. The third kappa shape index (κ3) is 3.37. The Hall–Kier alpha value is -1.99. The van der Waals surface area contributed by atoms with Gasteiger partial charge in [-0.25, -0.2) is 17.2 Å². The summed E-state index contributed by atoms with van der Waals surface area (Å²) in [5.41, 5.74) is 0.584. The SMILES string of the molecule is CC(O)c1cccc(NS(=O)(=O)c2c(F)cccc2F)c1. The van der Waals surface area contributed by atoms with Crippen LogP contribution >= 0.6 is 0 Å². The van der Waals surface area contributed by atoms with Crippen LogP contribution in [0.25, 0.3) is 0 Å². The number of hydrogen-bond donors (Lipinski definition) is 2. The van der Waals surface area contributed by atoms with Crippen LogP contribution in [0.5, 0.6) is 0 Å². The van der Waals surface area contributed by atoms with Crippen LogP contribution in [-0.4, -0.2) is 13.5 Å². The van der Waals surface area contributed by atoms with Crippen LogP contribution in [0, 0.1) is 11.6 Å². The fourth-order valence-corrected chi connectivity index (χ4v) is 3.00. The first-order valence-electron chi connectivity index (χ1n) is 6.06. The van der Waals surface area contributed by atoms with Crippen LogP contribution in [-0.2, 0) is 10.0 Å². The van der Waals surface area contributed by atoms with Crippen molar-refractivity contribution in [3.63, 3.8) is 0 Å². The number of benzene rings is 2. The molecule has 0 aliphatic carbocycles. The molecule has 21 heavy (non-hydrogen) atoms. The molecule has 1 atom stereocenters. The van der Waals surface area contributed by atoms with Gasteiger partial charge in [-0.1, -0.05) is 18.2 Å². The lowest BCUT2D eigenvalue weighted by atomic mass is 10.1. The van der Waals surface area contributed by atoms with Crippen LogP contribution in [0.4, 0.5) is 14.5 Å². The second kappa shape index (κ2) is 5.79. The quantitative estimate of drug-likeness (QED) is 0.912. The van der Waals surface area contributed by atoms with Gasteiger partial charge in [-0.05, 0) is 36.8 Å². The molecule has 0 fully saturated rings. The van der Waals surface area contributed by atoms with Crippen molar-refractivity contribution < 1.29 is 22.3 Å². The molecule has 0 spiro atoms. The fraction of sp³-hybridized carbons (Fsp3) is 0.143. The number of rotatable bonds is 4. The molecule has 112 valence electrons. The van der Waals surface area contributed by atoms with E-state index in [1.807, 2.05) is 0 Å². The van der Waals surface area contributed by atoms with E-state index in [-0.39, 0.29) is 5.69 Å². The molecule has 4 nitrogen and oxygen atoms in total. The minimum absolute atomic E-state index is 0.107. The highest BCUT2D eigenvalue weighted by molar-refractivity contribution is 7.92. The van der Waals surface area contributed by atoms with Gasteiger partial charge < -0.3 is 5.11 Å². The third-order valence-electron chi connectivity index (χ3n) is 2.81. The summed E-state index contributed by atoms with van der Waals surface area (Å²) < 4.78 is 53.3. The topological polar surface area (TPSA) is 66.4 Å². The standard InChI is InChI=1S/C14H13F2NO3S/c1-9(18)10-4-2-5-11(8-10)17-21(19,20)14-12(15)6-3-7-13(14)16/h2-9,17-18H,1H3. The van der Waals surface area contributed by atoms with Gasteiger partial charge in [-0.15, -0.1) is 0 Å². The second-order valence-electron chi connectivity index (χ2n) is 4.46. The molecule has 2 rings (SSSR count). The molecule has 2 N–H and O–H groups in total. The van der Waals surface area contributed by atoms with E-state index in [2.05, 4.69) is 4.72 Å². The highest BCUT2D eigenvalue weighted by Crippen LogP contribution is 2.23. The van der Waals surface area contributed by atoms with E-state index >= 15 is 0 Å². The first-order chi connectivity index (χ1) is 9.81. The second-order valence-corrected chi connectivity index (χ2v) is 6.08. The van der Waals surface area contributed by atoms with Crippen molar-refractivity contribution in [3.05, 3.63) is 59.7 Å². The van der Waals surface area contributed by atoms with Crippen LogP contribution in [0.1, 0.15) is 18.6 Å². The molecule has 0 saturated carbocycles. The monoisotopic (exact) mass is 313 g/mol. The number of nitrogens with one attached hydrogen (secondary N) is 1. The van der Waals surface area contributed by atoms with Crippen molar-refractivity contribution in [2.24, 2.45) is 0 Å². The molecule has 0 radical (unpaired) electrons. The van der Waals surface area contributed by atoms with Crippen LogP contribution in [0.2, 0.25) is 0 Å². The zero-order valence-electron chi connectivity index (χ0n) is 11.0. The van der Waals surface area contributed by atoms with Crippen molar-refractivity contribution in [1.29, 1.82) is 0 Å². The molecule has 2 aromatic carbocycles. The Bertz CT molecular complexity index is 740. The summed E-state index contributed by atoms with van der Waals surface area (Å²) in [7, 11) is -4.40. The van der Waals surface area contributed by atoms with Crippen molar-refractivity contribution in [2.45, 2.75) is 17.9 Å². The van der Waals surface area contributed by atoms with E-state index in [9.17, 15) is 22.3 Å². The van der Waals surface area contributed by atoms with Crippen LogP contribution < -0.4 is 4.72 Å². The minimum atomic E-state index is -4.40. The summed E-state index contributed by atoms with van der Waals surface area (Å²) in [4.78, 5) is -1.03. The molecule has 0 amide bonds.